The van der Waals surface area contributed by atoms with Gasteiger partial charge in [-0.1, -0.05) is 18.2 Å². The molecule has 2 heterocycles. The van der Waals surface area contributed by atoms with Gasteiger partial charge in [0.15, 0.2) is 0 Å². The smallest absolute Gasteiger partial charge is 0.235 e. The lowest BCUT2D eigenvalue weighted by Crippen LogP contribution is -2.03. The maximum absolute atomic E-state index is 5.36. The molecule has 0 aliphatic carbocycles. The summed E-state index contributed by atoms with van der Waals surface area (Å²) in [6, 6.07) is 8.26. The van der Waals surface area contributed by atoms with Crippen molar-refractivity contribution in [2.75, 3.05) is 7.11 Å². The van der Waals surface area contributed by atoms with Crippen LogP contribution < -0.4 is 4.74 Å². The van der Waals surface area contributed by atoms with Crippen LogP contribution in [0.1, 0.15) is 22.6 Å². The van der Waals surface area contributed by atoms with Crippen LogP contribution in [0.2, 0.25) is 0 Å². The van der Waals surface area contributed by atoms with Crippen LogP contribution in [0.3, 0.4) is 0 Å². The van der Waals surface area contributed by atoms with E-state index in [1.807, 2.05) is 32.2 Å². The van der Waals surface area contributed by atoms with E-state index in [4.69, 9.17) is 4.74 Å². The molecular weight excluding hydrogens is 250 g/mol. The lowest BCUT2D eigenvalue weighted by atomic mass is 10.1. The lowest BCUT2D eigenvalue weighted by Gasteiger charge is -2.09. The van der Waals surface area contributed by atoms with Gasteiger partial charge in [-0.15, -0.1) is 0 Å². The fourth-order valence-corrected chi connectivity index (χ4v) is 2.37. The van der Waals surface area contributed by atoms with Crippen molar-refractivity contribution in [3.8, 4) is 5.88 Å². The molecule has 4 nitrogen and oxygen atoms in total. The molecule has 1 N–H and O–H groups in total. The van der Waals surface area contributed by atoms with E-state index in [1.54, 1.807) is 7.11 Å². The zero-order chi connectivity index (χ0) is 14.1. The molecule has 3 rings (SSSR count). The Hall–Kier alpha value is -2.36. The lowest BCUT2D eigenvalue weighted by molar-refractivity contribution is 0.388. The molecule has 0 aliphatic heterocycles. The Labute approximate surface area is 117 Å². The van der Waals surface area contributed by atoms with E-state index >= 15 is 0 Å². The summed E-state index contributed by atoms with van der Waals surface area (Å²) in [6.45, 7) is 3.92. The van der Waals surface area contributed by atoms with E-state index in [9.17, 15) is 0 Å². The molecule has 0 unspecified atom stereocenters. The van der Waals surface area contributed by atoms with Crippen LogP contribution in [0.5, 0.6) is 5.88 Å². The highest BCUT2D eigenvalue weighted by molar-refractivity contribution is 5.83. The second kappa shape index (κ2) is 4.96. The Balaban J connectivity index is 2.04. The number of aromatic nitrogens is 3. The van der Waals surface area contributed by atoms with Gasteiger partial charge in [0.1, 0.15) is 5.69 Å². The molecule has 4 heteroatoms. The van der Waals surface area contributed by atoms with E-state index in [0.717, 1.165) is 22.6 Å². The minimum atomic E-state index is 0.610. The Bertz CT molecular complexity index is 762. The molecule has 20 heavy (non-hydrogen) atoms. The number of fused-ring (bicyclic) bond motifs is 1. The van der Waals surface area contributed by atoms with Crippen LogP contribution in [0, 0.1) is 13.8 Å². The first-order valence-corrected chi connectivity index (χ1v) is 6.62. The molecule has 0 amide bonds. The molecular formula is C16H17N3O. The predicted molar refractivity (Wildman–Crippen MR) is 79.2 cm³/mol. The van der Waals surface area contributed by atoms with Crippen LogP contribution in [0.15, 0.2) is 30.5 Å². The van der Waals surface area contributed by atoms with Gasteiger partial charge in [-0.05, 0) is 25.5 Å². The third kappa shape index (κ3) is 2.13. The van der Waals surface area contributed by atoms with Gasteiger partial charge in [0, 0.05) is 23.5 Å². The first-order chi connectivity index (χ1) is 9.69. The summed E-state index contributed by atoms with van der Waals surface area (Å²) in [7, 11) is 1.64. The van der Waals surface area contributed by atoms with Crippen LogP contribution in [0.4, 0.5) is 0 Å². The number of rotatable bonds is 3. The molecule has 0 radical (unpaired) electrons. The van der Waals surface area contributed by atoms with Gasteiger partial charge in [0.25, 0.3) is 0 Å². The van der Waals surface area contributed by atoms with Crippen molar-refractivity contribution in [3.05, 3.63) is 53.1 Å². The number of H-pyrrole nitrogens is 1. The Morgan fingerprint density at radius 3 is 2.65 bits per heavy atom. The fourth-order valence-electron chi connectivity index (χ4n) is 2.37. The number of aromatic amines is 1. The molecule has 0 saturated carbocycles. The second-order valence-electron chi connectivity index (χ2n) is 4.89. The van der Waals surface area contributed by atoms with Gasteiger partial charge in [-0.25, -0.2) is 4.98 Å². The van der Waals surface area contributed by atoms with E-state index in [2.05, 4.69) is 27.1 Å². The summed E-state index contributed by atoms with van der Waals surface area (Å²) in [6.07, 6.45) is 2.74. The quantitative estimate of drug-likeness (QED) is 0.793. The molecule has 0 bridgehead atoms. The number of aryl methyl sites for hydroxylation is 2. The normalized spacial score (nSPS) is 10.9. The molecule has 1 aromatic carbocycles. The summed E-state index contributed by atoms with van der Waals surface area (Å²) in [5.74, 6) is 0.610. The zero-order valence-electron chi connectivity index (χ0n) is 11.9. The number of nitrogens with one attached hydrogen (secondary N) is 1. The third-order valence-corrected chi connectivity index (χ3v) is 3.57. The Morgan fingerprint density at radius 1 is 1.10 bits per heavy atom. The Morgan fingerprint density at radius 2 is 1.85 bits per heavy atom. The molecule has 3 aromatic rings. The number of benzene rings is 1. The first-order valence-electron chi connectivity index (χ1n) is 6.62. The van der Waals surface area contributed by atoms with Gasteiger partial charge in [-0.2, -0.15) is 0 Å². The van der Waals surface area contributed by atoms with Crippen molar-refractivity contribution in [2.45, 2.75) is 20.3 Å². The van der Waals surface area contributed by atoms with E-state index in [-0.39, 0.29) is 0 Å². The molecule has 0 atom stereocenters. The molecule has 0 fully saturated rings. The van der Waals surface area contributed by atoms with Crippen molar-refractivity contribution in [2.24, 2.45) is 0 Å². The molecule has 0 spiro atoms. The van der Waals surface area contributed by atoms with Crippen LogP contribution >= 0.6 is 0 Å². The summed E-state index contributed by atoms with van der Waals surface area (Å²) in [4.78, 5) is 12.4. The minimum Gasteiger partial charge on any atom is -0.480 e. The van der Waals surface area contributed by atoms with Crippen molar-refractivity contribution in [1.82, 2.24) is 15.0 Å². The maximum atomic E-state index is 5.36. The van der Waals surface area contributed by atoms with Crippen molar-refractivity contribution in [1.29, 1.82) is 0 Å². The highest BCUT2D eigenvalue weighted by Gasteiger charge is 2.12. The number of hydrogen-bond donors (Lipinski definition) is 1. The topological polar surface area (TPSA) is 50.8 Å². The molecule has 102 valence electrons. The Kier molecular flexibility index (Phi) is 3.14. The largest absolute Gasteiger partial charge is 0.480 e. The van der Waals surface area contributed by atoms with Gasteiger partial charge in [0.05, 0.1) is 18.5 Å². The molecule has 0 saturated heterocycles. The van der Waals surface area contributed by atoms with Gasteiger partial charge < -0.3 is 9.72 Å². The number of ether oxygens (including phenoxy) is 1. The number of nitrogens with zero attached hydrogens (tertiary/aromatic N) is 2. The zero-order valence-corrected chi connectivity index (χ0v) is 11.9. The summed E-state index contributed by atoms with van der Waals surface area (Å²) >= 11 is 0. The van der Waals surface area contributed by atoms with E-state index in [1.165, 1.54) is 10.9 Å². The van der Waals surface area contributed by atoms with Crippen molar-refractivity contribution < 1.29 is 4.74 Å². The van der Waals surface area contributed by atoms with E-state index < -0.39 is 0 Å². The van der Waals surface area contributed by atoms with Crippen molar-refractivity contribution >= 4 is 10.9 Å². The average Bonchev–Trinajstić information content (AvgIpc) is 2.86. The number of methoxy groups -OCH3 is 1. The number of para-hydroxylation sites is 1. The highest BCUT2D eigenvalue weighted by atomic mass is 16.5. The minimum absolute atomic E-state index is 0.610. The monoisotopic (exact) mass is 267 g/mol. The van der Waals surface area contributed by atoms with Gasteiger partial charge in [0.2, 0.25) is 5.88 Å². The summed E-state index contributed by atoms with van der Waals surface area (Å²) in [5, 5.41) is 1.22. The molecule has 2 aromatic heterocycles. The average molecular weight is 267 g/mol. The third-order valence-electron chi connectivity index (χ3n) is 3.57. The van der Waals surface area contributed by atoms with Gasteiger partial charge in [-0.3, -0.25) is 4.98 Å². The van der Waals surface area contributed by atoms with Crippen molar-refractivity contribution in [3.63, 3.8) is 0 Å². The SMILES string of the molecule is COc1nc(C)c(C)nc1Cc1c[nH]c2ccccc12. The first kappa shape index (κ1) is 12.7. The molecule has 0 aliphatic rings. The summed E-state index contributed by atoms with van der Waals surface area (Å²) < 4.78 is 5.36. The van der Waals surface area contributed by atoms with E-state index in [0.29, 0.717) is 12.3 Å². The standard InChI is InChI=1S/C16H17N3O/c1-10-11(2)19-16(20-3)15(18-10)8-12-9-17-14-7-5-4-6-13(12)14/h4-7,9,17H,8H2,1-3H3. The number of hydrogen-bond acceptors (Lipinski definition) is 3. The van der Waals surface area contributed by atoms with Gasteiger partial charge >= 0.3 is 0 Å². The predicted octanol–water partition coefficient (Wildman–Crippen LogP) is 3.17. The summed E-state index contributed by atoms with van der Waals surface area (Å²) in [5.41, 5.74) is 5.07. The maximum Gasteiger partial charge on any atom is 0.235 e. The highest BCUT2D eigenvalue weighted by Crippen LogP contribution is 2.24. The van der Waals surface area contributed by atoms with Crippen LogP contribution in [0.25, 0.3) is 10.9 Å². The van der Waals surface area contributed by atoms with Crippen LogP contribution in [-0.2, 0) is 6.42 Å². The van der Waals surface area contributed by atoms with Crippen LogP contribution in [-0.4, -0.2) is 22.1 Å². The fraction of sp³-hybridized carbons (Fsp3) is 0.250. The second-order valence-corrected chi connectivity index (χ2v) is 4.89.